The lowest BCUT2D eigenvalue weighted by Gasteiger charge is -2.38. The average molecular weight is 447 g/mol. The molecule has 2 aliphatic heterocycles. The monoisotopic (exact) mass is 446 g/mol. The van der Waals surface area contributed by atoms with Crippen LogP contribution in [0.3, 0.4) is 0 Å². The van der Waals surface area contributed by atoms with Gasteiger partial charge in [-0.3, -0.25) is 4.90 Å². The molecular formula is C18H20Cl2N2O5S. The first-order valence-corrected chi connectivity index (χ1v) is 11.4. The molecule has 0 radical (unpaired) electrons. The third kappa shape index (κ3) is 3.99. The zero-order chi connectivity index (χ0) is 20.6. The zero-order valence-electron chi connectivity index (χ0n) is 15.4. The van der Waals surface area contributed by atoms with Crippen molar-refractivity contribution in [3.8, 4) is 0 Å². The molecule has 0 aromatic heterocycles. The number of nitrogens with zero attached hydrogens (tertiary/aromatic N) is 1. The highest BCUT2D eigenvalue weighted by Gasteiger charge is 2.43. The summed E-state index contributed by atoms with van der Waals surface area (Å²) in [6.07, 6.45) is 0.315. The van der Waals surface area contributed by atoms with Gasteiger partial charge in [0.2, 0.25) is 0 Å². The maximum atomic E-state index is 12.9. The summed E-state index contributed by atoms with van der Waals surface area (Å²) >= 11 is 12.3. The summed E-state index contributed by atoms with van der Waals surface area (Å²) in [4.78, 5) is 26.9. The highest BCUT2D eigenvalue weighted by Crippen LogP contribution is 2.37. The second-order valence-electron chi connectivity index (χ2n) is 6.69. The number of hydrogen-bond donors (Lipinski definition) is 1. The number of nitrogens with one attached hydrogen (secondary N) is 1. The first-order chi connectivity index (χ1) is 13.1. The van der Waals surface area contributed by atoms with Crippen LogP contribution < -0.4 is 5.32 Å². The highest BCUT2D eigenvalue weighted by molar-refractivity contribution is 7.91. The molecule has 2 heterocycles. The first kappa shape index (κ1) is 21.0. The predicted molar refractivity (Wildman–Crippen MR) is 106 cm³/mol. The summed E-state index contributed by atoms with van der Waals surface area (Å²) in [6.45, 7) is 3.45. The van der Waals surface area contributed by atoms with E-state index in [9.17, 15) is 18.0 Å². The van der Waals surface area contributed by atoms with Gasteiger partial charge in [0.25, 0.3) is 0 Å². The summed E-state index contributed by atoms with van der Waals surface area (Å²) in [5.41, 5.74) is 1.08. The van der Waals surface area contributed by atoms with Gasteiger partial charge >= 0.3 is 12.0 Å². The van der Waals surface area contributed by atoms with E-state index in [0.717, 1.165) is 0 Å². The van der Waals surface area contributed by atoms with Gasteiger partial charge in [-0.1, -0.05) is 29.3 Å². The number of carbonyl (C=O) groups excluding carboxylic acids is 2. The van der Waals surface area contributed by atoms with Gasteiger partial charge in [0, 0.05) is 15.7 Å². The number of halogens is 2. The largest absolute Gasteiger partial charge is 0.463 e. The minimum absolute atomic E-state index is 0.00983. The fourth-order valence-corrected chi connectivity index (χ4v) is 5.84. The number of carbonyl (C=O) groups is 2. The van der Waals surface area contributed by atoms with Crippen LogP contribution >= 0.6 is 23.2 Å². The predicted octanol–water partition coefficient (Wildman–Crippen LogP) is 3.08. The van der Waals surface area contributed by atoms with Crippen LogP contribution in [-0.2, 0) is 19.4 Å². The molecule has 10 heteroatoms. The molecule has 2 amide bonds. The summed E-state index contributed by atoms with van der Waals surface area (Å²) in [5.74, 6) is -0.724. The lowest BCUT2D eigenvalue weighted by Crippen LogP contribution is -2.52. The van der Waals surface area contributed by atoms with E-state index in [-0.39, 0.29) is 23.7 Å². The number of esters is 1. The smallest absolute Gasteiger partial charge is 0.338 e. The van der Waals surface area contributed by atoms with Crippen LogP contribution in [0.25, 0.3) is 0 Å². The Labute approximate surface area is 173 Å². The van der Waals surface area contributed by atoms with E-state index in [1.54, 1.807) is 26.0 Å². The molecule has 0 bridgehead atoms. The summed E-state index contributed by atoms with van der Waals surface area (Å²) < 4.78 is 29.0. The van der Waals surface area contributed by atoms with Gasteiger partial charge in [-0.2, -0.15) is 0 Å². The SMILES string of the molecule is CCOC(=O)C1=C(C)N([C@@H]2CCS(=O)(=O)C2)C(=O)N[C@H]1c1ccc(Cl)cc1Cl. The molecule has 7 nitrogen and oxygen atoms in total. The molecule has 28 heavy (non-hydrogen) atoms. The van der Waals surface area contributed by atoms with Gasteiger partial charge in [-0.25, -0.2) is 18.0 Å². The molecule has 1 fully saturated rings. The average Bonchev–Trinajstić information content (AvgIpc) is 2.94. The highest BCUT2D eigenvalue weighted by atomic mass is 35.5. The van der Waals surface area contributed by atoms with Gasteiger partial charge in [0.15, 0.2) is 9.84 Å². The molecule has 0 spiro atoms. The number of rotatable bonds is 4. The van der Waals surface area contributed by atoms with Crippen molar-refractivity contribution in [2.24, 2.45) is 0 Å². The number of sulfone groups is 1. The molecule has 152 valence electrons. The van der Waals surface area contributed by atoms with Crippen molar-refractivity contribution in [1.29, 1.82) is 0 Å². The summed E-state index contributed by atoms with van der Waals surface area (Å²) in [7, 11) is -3.21. The second-order valence-corrected chi connectivity index (χ2v) is 9.77. The van der Waals surface area contributed by atoms with Crippen LogP contribution in [0.5, 0.6) is 0 Å². The molecule has 1 aromatic rings. The van der Waals surface area contributed by atoms with E-state index in [4.69, 9.17) is 27.9 Å². The quantitative estimate of drug-likeness (QED) is 0.717. The third-order valence-corrected chi connectivity index (χ3v) is 7.18. The molecule has 2 atom stereocenters. The van der Waals surface area contributed by atoms with Crippen LogP contribution in [0.2, 0.25) is 10.0 Å². The number of benzene rings is 1. The second kappa shape index (κ2) is 7.93. The minimum atomic E-state index is -3.21. The van der Waals surface area contributed by atoms with Crippen molar-refractivity contribution >= 4 is 45.0 Å². The molecule has 0 aliphatic carbocycles. The Hall–Kier alpha value is -1.77. The van der Waals surface area contributed by atoms with Crippen LogP contribution in [0.1, 0.15) is 31.9 Å². The van der Waals surface area contributed by atoms with E-state index in [2.05, 4.69) is 5.32 Å². The van der Waals surface area contributed by atoms with Gasteiger partial charge in [-0.15, -0.1) is 0 Å². The fourth-order valence-electron chi connectivity index (χ4n) is 3.62. The van der Waals surface area contributed by atoms with Gasteiger partial charge in [0.1, 0.15) is 0 Å². The van der Waals surface area contributed by atoms with Crippen LogP contribution in [-0.4, -0.2) is 49.5 Å². The van der Waals surface area contributed by atoms with Gasteiger partial charge in [-0.05, 0) is 38.0 Å². The van der Waals surface area contributed by atoms with Crippen molar-refractivity contribution in [3.63, 3.8) is 0 Å². The van der Waals surface area contributed by atoms with E-state index >= 15 is 0 Å². The first-order valence-electron chi connectivity index (χ1n) is 8.77. The number of urea groups is 1. The molecule has 1 N–H and O–H groups in total. The zero-order valence-corrected chi connectivity index (χ0v) is 17.7. The minimum Gasteiger partial charge on any atom is -0.463 e. The molecular weight excluding hydrogens is 427 g/mol. The van der Waals surface area contributed by atoms with Crippen molar-refractivity contribution < 1.29 is 22.7 Å². The lowest BCUT2D eigenvalue weighted by molar-refractivity contribution is -0.139. The van der Waals surface area contributed by atoms with E-state index in [1.807, 2.05) is 0 Å². The molecule has 2 aliphatic rings. The molecule has 1 aromatic carbocycles. The van der Waals surface area contributed by atoms with E-state index < -0.39 is 33.9 Å². The van der Waals surface area contributed by atoms with Crippen molar-refractivity contribution in [3.05, 3.63) is 45.1 Å². The van der Waals surface area contributed by atoms with Crippen molar-refractivity contribution in [2.75, 3.05) is 18.1 Å². The maximum absolute atomic E-state index is 12.9. The standard InChI is InChI=1S/C18H20Cl2N2O5S/c1-3-27-17(23)15-10(2)22(12-6-7-28(25,26)9-12)18(24)21-16(15)13-5-4-11(19)8-14(13)20/h4-5,8,12,16H,3,6-7,9H2,1-2H3,(H,21,24)/t12-,16+/m1/s1. The number of amides is 2. The Balaban J connectivity index is 2.09. The molecule has 0 unspecified atom stereocenters. The maximum Gasteiger partial charge on any atom is 0.338 e. The van der Waals surface area contributed by atoms with Crippen molar-refractivity contribution in [2.45, 2.75) is 32.4 Å². The van der Waals surface area contributed by atoms with Crippen molar-refractivity contribution in [1.82, 2.24) is 10.2 Å². The summed E-state index contributed by atoms with van der Waals surface area (Å²) in [6, 6.07) is 2.93. The lowest BCUT2D eigenvalue weighted by atomic mass is 9.94. The van der Waals surface area contributed by atoms with Crippen LogP contribution in [0.4, 0.5) is 4.79 Å². The fraction of sp³-hybridized carbons (Fsp3) is 0.444. The van der Waals surface area contributed by atoms with Gasteiger partial charge in [0.05, 0.1) is 35.8 Å². The molecule has 0 saturated carbocycles. The summed E-state index contributed by atoms with van der Waals surface area (Å²) in [5, 5.41) is 3.49. The normalized spacial score (nSPS) is 24.3. The Bertz CT molecular complexity index is 961. The molecule has 3 rings (SSSR count). The molecule has 1 saturated heterocycles. The van der Waals surface area contributed by atoms with Crippen LogP contribution in [0.15, 0.2) is 29.5 Å². The number of allylic oxidation sites excluding steroid dienone is 1. The Morgan fingerprint density at radius 2 is 2.07 bits per heavy atom. The van der Waals surface area contributed by atoms with Gasteiger partial charge < -0.3 is 10.1 Å². The Kier molecular flexibility index (Phi) is 5.93. The Morgan fingerprint density at radius 1 is 1.36 bits per heavy atom. The van der Waals surface area contributed by atoms with Crippen LogP contribution in [0, 0.1) is 0 Å². The van der Waals surface area contributed by atoms with E-state index in [0.29, 0.717) is 27.7 Å². The number of hydrogen-bond acceptors (Lipinski definition) is 5. The van der Waals surface area contributed by atoms with E-state index in [1.165, 1.54) is 11.0 Å². The number of ether oxygens (including phenoxy) is 1. The topological polar surface area (TPSA) is 92.8 Å². The third-order valence-electron chi connectivity index (χ3n) is 4.87. The Morgan fingerprint density at radius 3 is 2.64 bits per heavy atom.